The van der Waals surface area contributed by atoms with Crippen LogP contribution < -0.4 is 5.32 Å². The second kappa shape index (κ2) is 6.85. The average Bonchev–Trinajstić information content (AvgIpc) is 2.05. The number of rotatable bonds is 2. The summed E-state index contributed by atoms with van der Waals surface area (Å²) in [5.41, 5.74) is 0.0469. The van der Waals surface area contributed by atoms with E-state index in [0.717, 1.165) is 25.9 Å². The first kappa shape index (κ1) is 15.9. The van der Waals surface area contributed by atoms with Crippen LogP contribution in [0.3, 0.4) is 0 Å². The van der Waals surface area contributed by atoms with Crippen molar-refractivity contribution in [2.75, 3.05) is 33.8 Å². The van der Waals surface area contributed by atoms with Gasteiger partial charge >= 0.3 is 0 Å². The van der Waals surface area contributed by atoms with Gasteiger partial charge < -0.3 is 15.3 Å². The Balaban J connectivity index is 0. The molecule has 5 heteroatoms. The van der Waals surface area contributed by atoms with Gasteiger partial charge in [-0.05, 0) is 40.0 Å². The molecule has 1 fully saturated rings. The fraction of sp³-hybridized carbons (Fsp3) is 1.00. The van der Waals surface area contributed by atoms with Crippen LogP contribution in [0.4, 0.5) is 0 Å². The number of nitrogens with zero attached hydrogens (tertiary/aromatic N) is 1. The van der Waals surface area contributed by atoms with Gasteiger partial charge in [0.05, 0.1) is 6.61 Å². The lowest BCUT2D eigenvalue weighted by atomic mass is 9.88. The monoisotopic (exact) mass is 230 g/mol. The second-order valence-electron chi connectivity index (χ2n) is 3.53. The predicted molar refractivity (Wildman–Crippen MR) is 60.1 cm³/mol. The molecule has 1 rings (SSSR count). The topological polar surface area (TPSA) is 35.5 Å². The maximum atomic E-state index is 9.24. The summed E-state index contributed by atoms with van der Waals surface area (Å²) in [7, 11) is 4.09. The maximum absolute atomic E-state index is 9.24. The number of nitrogens with one attached hydrogen (secondary N) is 1. The van der Waals surface area contributed by atoms with Crippen LogP contribution in [0.25, 0.3) is 0 Å². The van der Waals surface area contributed by atoms with E-state index >= 15 is 0 Å². The minimum atomic E-state index is 0. The number of hydrogen-bond donors (Lipinski definition) is 2. The SMILES string of the molecule is CN(C)C1(CO)CCNCC1.Cl.Cl. The normalized spacial score (nSPS) is 20.3. The molecule has 0 aromatic rings. The highest BCUT2D eigenvalue weighted by Crippen LogP contribution is 2.22. The second-order valence-corrected chi connectivity index (χ2v) is 3.53. The van der Waals surface area contributed by atoms with E-state index < -0.39 is 0 Å². The Bertz CT molecular complexity index is 127. The molecule has 0 radical (unpaired) electrons. The molecule has 0 aromatic carbocycles. The van der Waals surface area contributed by atoms with Gasteiger partial charge in [-0.3, -0.25) is 0 Å². The highest BCUT2D eigenvalue weighted by molar-refractivity contribution is 5.85. The Kier molecular flexibility index (Phi) is 8.38. The van der Waals surface area contributed by atoms with Gasteiger partial charge in [-0.15, -0.1) is 24.8 Å². The summed E-state index contributed by atoms with van der Waals surface area (Å²) in [6.07, 6.45) is 2.10. The molecule has 0 bridgehead atoms. The zero-order chi connectivity index (χ0) is 8.32. The summed E-state index contributed by atoms with van der Waals surface area (Å²) in [5.74, 6) is 0. The Labute approximate surface area is 92.7 Å². The van der Waals surface area contributed by atoms with Gasteiger partial charge in [0, 0.05) is 5.54 Å². The molecule has 1 aliphatic heterocycles. The van der Waals surface area contributed by atoms with E-state index in [1.807, 2.05) is 14.1 Å². The summed E-state index contributed by atoms with van der Waals surface area (Å²) < 4.78 is 0. The van der Waals surface area contributed by atoms with Gasteiger partial charge in [-0.1, -0.05) is 0 Å². The maximum Gasteiger partial charge on any atom is 0.0616 e. The van der Waals surface area contributed by atoms with Crippen molar-refractivity contribution in [2.45, 2.75) is 18.4 Å². The van der Waals surface area contributed by atoms with E-state index in [0.29, 0.717) is 0 Å². The van der Waals surface area contributed by atoms with Crippen LogP contribution in [-0.2, 0) is 0 Å². The molecule has 13 heavy (non-hydrogen) atoms. The van der Waals surface area contributed by atoms with E-state index in [9.17, 15) is 5.11 Å². The van der Waals surface area contributed by atoms with Crippen LogP contribution >= 0.6 is 24.8 Å². The van der Waals surface area contributed by atoms with Crippen molar-refractivity contribution in [1.29, 1.82) is 0 Å². The van der Waals surface area contributed by atoms with E-state index in [1.165, 1.54) is 0 Å². The third-order valence-electron chi connectivity index (χ3n) is 2.78. The summed E-state index contributed by atoms with van der Waals surface area (Å²) in [4.78, 5) is 2.15. The smallest absolute Gasteiger partial charge is 0.0616 e. The molecule has 1 aliphatic rings. The standard InChI is InChI=1S/C8H18N2O.2ClH/c1-10(2)8(7-11)3-5-9-6-4-8;;/h9,11H,3-7H2,1-2H3;2*1H. The molecule has 0 saturated carbocycles. The van der Waals surface area contributed by atoms with Crippen molar-refractivity contribution in [3.05, 3.63) is 0 Å². The molecule has 0 unspecified atom stereocenters. The van der Waals surface area contributed by atoms with E-state index in [-0.39, 0.29) is 37.0 Å². The van der Waals surface area contributed by atoms with Crippen LogP contribution in [0.5, 0.6) is 0 Å². The molecular weight excluding hydrogens is 211 g/mol. The van der Waals surface area contributed by atoms with Gasteiger partial charge in [-0.25, -0.2) is 0 Å². The lowest BCUT2D eigenvalue weighted by Gasteiger charge is -2.41. The zero-order valence-electron chi connectivity index (χ0n) is 8.25. The zero-order valence-corrected chi connectivity index (χ0v) is 9.88. The molecule has 1 saturated heterocycles. The molecule has 0 atom stereocenters. The molecule has 3 nitrogen and oxygen atoms in total. The third-order valence-corrected chi connectivity index (χ3v) is 2.78. The fourth-order valence-electron chi connectivity index (χ4n) is 1.64. The number of halogens is 2. The van der Waals surface area contributed by atoms with Crippen molar-refractivity contribution in [3.63, 3.8) is 0 Å². The fourth-order valence-corrected chi connectivity index (χ4v) is 1.64. The Morgan fingerprint density at radius 1 is 1.23 bits per heavy atom. The van der Waals surface area contributed by atoms with E-state index in [1.54, 1.807) is 0 Å². The molecule has 1 heterocycles. The molecule has 0 amide bonds. The summed E-state index contributed by atoms with van der Waals surface area (Å²) in [6.45, 7) is 2.33. The van der Waals surface area contributed by atoms with Crippen LogP contribution in [0.2, 0.25) is 0 Å². The first-order chi connectivity index (χ1) is 5.21. The van der Waals surface area contributed by atoms with Gasteiger partial charge in [0.1, 0.15) is 0 Å². The van der Waals surface area contributed by atoms with Crippen molar-refractivity contribution >= 4 is 24.8 Å². The first-order valence-electron chi connectivity index (χ1n) is 4.20. The highest BCUT2D eigenvalue weighted by atomic mass is 35.5. The van der Waals surface area contributed by atoms with Crippen molar-refractivity contribution < 1.29 is 5.11 Å². The van der Waals surface area contributed by atoms with Gasteiger partial charge in [0.15, 0.2) is 0 Å². The number of likely N-dealkylation sites (N-methyl/N-ethyl adjacent to an activating group) is 1. The highest BCUT2D eigenvalue weighted by Gasteiger charge is 2.32. The third kappa shape index (κ3) is 3.60. The molecular formula is C8H20Cl2N2O. The van der Waals surface area contributed by atoms with Crippen LogP contribution in [0.1, 0.15) is 12.8 Å². The molecule has 0 aromatic heterocycles. The molecule has 0 spiro atoms. The molecule has 2 N–H and O–H groups in total. The quantitative estimate of drug-likeness (QED) is 0.726. The van der Waals surface area contributed by atoms with E-state index in [2.05, 4.69) is 10.2 Å². The summed E-state index contributed by atoms with van der Waals surface area (Å²) >= 11 is 0. The lowest BCUT2D eigenvalue weighted by Crippen LogP contribution is -2.54. The minimum absolute atomic E-state index is 0. The minimum Gasteiger partial charge on any atom is -0.394 e. The van der Waals surface area contributed by atoms with Crippen molar-refractivity contribution in [3.8, 4) is 0 Å². The van der Waals surface area contributed by atoms with Crippen LogP contribution in [-0.4, -0.2) is 49.3 Å². The van der Waals surface area contributed by atoms with Gasteiger partial charge in [0.25, 0.3) is 0 Å². The lowest BCUT2D eigenvalue weighted by molar-refractivity contribution is 0.0413. The molecule has 82 valence electrons. The Morgan fingerprint density at radius 3 is 1.92 bits per heavy atom. The van der Waals surface area contributed by atoms with Crippen LogP contribution in [0.15, 0.2) is 0 Å². The number of aliphatic hydroxyl groups excluding tert-OH is 1. The predicted octanol–water partition coefficient (Wildman–Crippen LogP) is 0.506. The first-order valence-corrected chi connectivity index (χ1v) is 4.20. The van der Waals surface area contributed by atoms with Crippen molar-refractivity contribution in [2.24, 2.45) is 0 Å². The molecule has 0 aliphatic carbocycles. The Morgan fingerprint density at radius 2 is 1.69 bits per heavy atom. The average molecular weight is 231 g/mol. The van der Waals surface area contributed by atoms with Crippen LogP contribution in [0, 0.1) is 0 Å². The summed E-state index contributed by atoms with van der Waals surface area (Å²) in [5, 5.41) is 12.5. The van der Waals surface area contributed by atoms with E-state index in [4.69, 9.17) is 0 Å². The van der Waals surface area contributed by atoms with Gasteiger partial charge in [0.2, 0.25) is 0 Å². The van der Waals surface area contributed by atoms with Gasteiger partial charge in [-0.2, -0.15) is 0 Å². The Hall–Kier alpha value is 0.460. The number of hydrogen-bond acceptors (Lipinski definition) is 3. The van der Waals surface area contributed by atoms with Crippen molar-refractivity contribution in [1.82, 2.24) is 10.2 Å². The summed E-state index contributed by atoms with van der Waals surface area (Å²) in [6, 6.07) is 0. The largest absolute Gasteiger partial charge is 0.394 e. The number of piperidine rings is 1. The number of aliphatic hydroxyl groups is 1.